The Morgan fingerprint density at radius 1 is 1.41 bits per heavy atom. The molecule has 1 aromatic heterocycles. The molecule has 0 aliphatic carbocycles. The molecule has 0 radical (unpaired) electrons. The molecule has 0 saturated carbocycles. The molecule has 1 N–H and O–H groups in total. The first-order valence-electron chi connectivity index (χ1n) is 5.21. The number of fused-ring (bicyclic) bond motifs is 1. The Bertz CT molecular complexity index is 592. The average Bonchev–Trinajstić information content (AvgIpc) is 2.75. The number of hydrogen-bond donors (Lipinski definition) is 1. The lowest BCUT2D eigenvalue weighted by Crippen LogP contribution is -2.18. The highest BCUT2D eigenvalue weighted by Crippen LogP contribution is 2.34. The van der Waals surface area contributed by atoms with Crippen molar-refractivity contribution in [3.8, 4) is 11.3 Å². The molecule has 2 heterocycles. The van der Waals surface area contributed by atoms with Gasteiger partial charge in [-0.3, -0.25) is 4.79 Å². The first kappa shape index (κ1) is 10.8. The molecule has 0 unspecified atom stereocenters. The lowest BCUT2D eigenvalue weighted by Gasteiger charge is -2.16. The maximum Gasteiger partial charge on any atom is 0.234 e. The maximum atomic E-state index is 11.3. The number of aryl methyl sites for hydroxylation is 1. The third kappa shape index (κ3) is 2.08. The number of nitrogens with zero attached hydrogens (tertiary/aromatic N) is 1. The second kappa shape index (κ2) is 4.16. The van der Waals surface area contributed by atoms with Crippen LogP contribution in [0.15, 0.2) is 28.5 Å². The number of thiazole rings is 1. The number of hydrogen-bond acceptors (Lipinski definition) is 4. The molecule has 5 heteroatoms. The molecule has 0 fully saturated rings. The summed E-state index contributed by atoms with van der Waals surface area (Å²) in [6, 6.07) is 6.09. The van der Waals surface area contributed by atoms with Crippen LogP contribution in [-0.4, -0.2) is 16.6 Å². The molecule has 3 rings (SSSR count). The molecule has 0 saturated heterocycles. The second-order valence-corrected chi connectivity index (χ2v) is 5.88. The number of carbonyl (C=O) groups is 1. The van der Waals surface area contributed by atoms with Gasteiger partial charge in [0, 0.05) is 15.8 Å². The van der Waals surface area contributed by atoms with Crippen LogP contribution in [0, 0.1) is 6.92 Å². The van der Waals surface area contributed by atoms with E-state index in [4.69, 9.17) is 0 Å². The van der Waals surface area contributed by atoms with Gasteiger partial charge in [-0.1, -0.05) is 6.07 Å². The van der Waals surface area contributed by atoms with Crippen molar-refractivity contribution < 1.29 is 4.79 Å². The fourth-order valence-electron chi connectivity index (χ4n) is 1.74. The largest absolute Gasteiger partial charge is 0.324 e. The van der Waals surface area contributed by atoms with Crippen LogP contribution >= 0.6 is 23.1 Å². The van der Waals surface area contributed by atoms with Gasteiger partial charge in [0.25, 0.3) is 0 Å². The number of nitrogens with one attached hydrogen (secondary N) is 1. The van der Waals surface area contributed by atoms with E-state index < -0.39 is 0 Å². The first-order chi connectivity index (χ1) is 8.22. The predicted molar refractivity (Wildman–Crippen MR) is 71.6 cm³/mol. The zero-order chi connectivity index (χ0) is 11.8. The Labute approximate surface area is 107 Å². The van der Waals surface area contributed by atoms with Crippen LogP contribution in [0.2, 0.25) is 0 Å². The van der Waals surface area contributed by atoms with Crippen molar-refractivity contribution in [3.05, 3.63) is 28.6 Å². The van der Waals surface area contributed by atoms with Gasteiger partial charge >= 0.3 is 0 Å². The highest BCUT2D eigenvalue weighted by molar-refractivity contribution is 8.00. The molecule has 0 spiro atoms. The standard InChI is InChI=1S/C12H10N2OS2/c1-7-13-10(5-16-7)8-2-3-11-9(4-8)14-12(15)6-17-11/h2-5H,6H2,1H3,(H,14,15). The van der Waals surface area contributed by atoms with E-state index in [2.05, 4.69) is 16.4 Å². The van der Waals surface area contributed by atoms with Crippen LogP contribution in [0.25, 0.3) is 11.3 Å². The van der Waals surface area contributed by atoms with Crippen molar-refractivity contribution in [1.82, 2.24) is 4.98 Å². The van der Waals surface area contributed by atoms with Gasteiger partial charge in [0.15, 0.2) is 0 Å². The molecular weight excluding hydrogens is 252 g/mol. The van der Waals surface area contributed by atoms with Gasteiger partial charge in [0.1, 0.15) is 0 Å². The lowest BCUT2D eigenvalue weighted by molar-refractivity contribution is -0.113. The number of amides is 1. The summed E-state index contributed by atoms with van der Waals surface area (Å²) in [6.45, 7) is 1.99. The average molecular weight is 262 g/mol. The first-order valence-corrected chi connectivity index (χ1v) is 7.08. The molecule has 1 aliphatic heterocycles. The smallest absolute Gasteiger partial charge is 0.234 e. The van der Waals surface area contributed by atoms with Gasteiger partial charge in [0.05, 0.1) is 22.1 Å². The van der Waals surface area contributed by atoms with E-state index in [-0.39, 0.29) is 5.91 Å². The summed E-state index contributed by atoms with van der Waals surface area (Å²) >= 11 is 3.21. The molecule has 1 amide bonds. The molecule has 0 bridgehead atoms. The predicted octanol–water partition coefficient (Wildman–Crippen LogP) is 3.16. The highest BCUT2D eigenvalue weighted by Gasteiger charge is 2.16. The van der Waals surface area contributed by atoms with E-state index in [1.54, 1.807) is 23.1 Å². The number of anilines is 1. The minimum absolute atomic E-state index is 0.0640. The molecule has 0 atom stereocenters. The van der Waals surface area contributed by atoms with E-state index in [0.717, 1.165) is 26.8 Å². The fraction of sp³-hybridized carbons (Fsp3) is 0.167. The van der Waals surface area contributed by atoms with Crippen molar-refractivity contribution in [2.24, 2.45) is 0 Å². The van der Waals surface area contributed by atoms with E-state index in [9.17, 15) is 4.79 Å². The van der Waals surface area contributed by atoms with Gasteiger partial charge in [0.2, 0.25) is 5.91 Å². The Hall–Kier alpha value is -1.33. The summed E-state index contributed by atoms with van der Waals surface area (Å²) in [6.07, 6.45) is 0. The SMILES string of the molecule is Cc1nc(-c2ccc3c(c2)NC(=O)CS3)cs1. The summed E-state index contributed by atoms with van der Waals surface area (Å²) in [7, 11) is 0. The fourth-order valence-corrected chi connectivity index (χ4v) is 3.15. The molecule has 2 aromatic rings. The van der Waals surface area contributed by atoms with Crippen LogP contribution in [0.3, 0.4) is 0 Å². The monoisotopic (exact) mass is 262 g/mol. The van der Waals surface area contributed by atoms with E-state index in [0.29, 0.717) is 5.75 Å². The summed E-state index contributed by atoms with van der Waals surface area (Å²) in [5.41, 5.74) is 2.92. The van der Waals surface area contributed by atoms with Gasteiger partial charge in [-0.25, -0.2) is 4.98 Å². The topological polar surface area (TPSA) is 42.0 Å². The maximum absolute atomic E-state index is 11.3. The van der Waals surface area contributed by atoms with Crippen molar-refractivity contribution in [3.63, 3.8) is 0 Å². The number of thioether (sulfide) groups is 1. The van der Waals surface area contributed by atoms with Crippen molar-refractivity contribution in [2.75, 3.05) is 11.1 Å². The summed E-state index contributed by atoms with van der Waals surface area (Å²) in [4.78, 5) is 16.9. The zero-order valence-electron chi connectivity index (χ0n) is 9.19. The summed E-state index contributed by atoms with van der Waals surface area (Å²) in [5.74, 6) is 0.566. The number of carbonyl (C=O) groups excluding carboxylic acids is 1. The summed E-state index contributed by atoms with van der Waals surface area (Å²) < 4.78 is 0. The molecule has 1 aliphatic rings. The quantitative estimate of drug-likeness (QED) is 0.858. The third-order valence-corrected chi connectivity index (χ3v) is 4.37. The second-order valence-electron chi connectivity index (χ2n) is 3.80. The Morgan fingerprint density at radius 2 is 2.29 bits per heavy atom. The highest BCUT2D eigenvalue weighted by atomic mass is 32.2. The minimum Gasteiger partial charge on any atom is -0.324 e. The Kier molecular flexibility index (Phi) is 2.64. The van der Waals surface area contributed by atoms with E-state index in [1.165, 1.54) is 0 Å². The minimum atomic E-state index is 0.0640. The number of aromatic nitrogens is 1. The van der Waals surface area contributed by atoms with Gasteiger partial charge in [-0.05, 0) is 19.1 Å². The van der Waals surface area contributed by atoms with Crippen LogP contribution in [0.5, 0.6) is 0 Å². The van der Waals surface area contributed by atoms with Gasteiger partial charge in [-0.15, -0.1) is 23.1 Å². The van der Waals surface area contributed by atoms with Crippen LogP contribution in [-0.2, 0) is 4.79 Å². The van der Waals surface area contributed by atoms with E-state index >= 15 is 0 Å². The van der Waals surface area contributed by atoms with Crippen molar-refractivity contribution >= 4 is 34.7 Å². The number of benzene rings is 1. The Morgan fingerprint density at radius 3 is 3.06 bits per heavy atom. The zero-order valence-corrected chi connectivity index (χ0v) is 10.8. The molecule has 17 heavy (non-hydrogen) atoms. The lowest BCUT2D eigenvalue weighted by atomic mass is 10.1. The molecular formula is C12H10N2OS2. The van der Waals surface area contributed by atoms with Gasteiger partial charge < -0.3 is 5.32 Å². The van der Waals surface area contributed by atoms with Crippen LogP contribution in [0.1, 0.15) is 5.01 Å². The molecule has 1 aromatic carbocycles. The normalized spacial score (nSPS) is 14.3. The summed E-state index contributed by atoms with van der Waals surface area (Å²) in [5, 5.41) is 5.98. The third-order valence-electron chi connectivity index (χ3n) is 2.53. The molecule has 86 valence electrons. The van der Waals surface area contributed by atoms with Crippen molar-refractivity contribution in [2.45, 2.75) is 11.8 Å². The van der Waals surface area contributed by atoms with E-state index in [1.807, 2.05) is 24.4 Å². The van der Waals surface area contributed by atoms with Crippen LogP contribution in [0.4, 0.5) is 5.69 Å². The molecule has 3 nitrogen and oxygen atoms in total. The van der Waals surface area contributed by atoms with Crippen molar-refractivity contribution in [1.29, 1.82) is 0 Å². The van der Waals surface area contributed by atoms with Crippen LogP contribution < -0.4 is 5.32 Å². The Balaban J connectivity index is 2.03. The number of rotatable bonds is 1. The van der Waals surface area contributed by atoms with Gasteiger partial charge in [-0.2, -0.15) is 0 Å².